The van der Waals surface area contributed by atoms with Crippen molar-refractivity contribution in [3.63, 3.8) is 0 Å². The number of carbonyl (C=O) groups is 2. The predicted octanol–water partition coefficient (Wildman–Crippen LogP) is 5.51. The van der Waals surface area contributed by atoms with E-state index in [0.29, 0.717) is 44.9 Å². The number of aromatic nitrogens is 2. The highest BCUT2D eigenvalue weighted by atomic mass is 35.5. The second-order valence-electron chi connectivity index (χ2n) is 7.95. The maximum absolute atomic E-state index is 12.5. The van der Waals surface area contributed by atoms with Crippen molar-refractivity contribution in [3.05, 3.63) is 80.2 Å². The standard InChI is InChI=1S/C24H21Cl3N4O3/c25-18-8-5-15(12-19(18)26)24(34)28-16-6-3-14(4-7-16)11-20-29-22(27)17(13-21(32)33)23(30-20)31-9-1-2-10-31/h3-8,12H,1-2,9-11,13H2,(H,28,34)(H,32,33). The van der Waals surface area contributed by atoms with Crippen LogP contribution < -0.4 is 10.2 Å². The third-order valence-electron chi connectivity index (χ3n) is 5.47. The fraction of sp³-hybridized carbons (Fsp3) is 0.250. The summed E-state index contributed by atoms with van der Waals surface area (Å²) in [6, 6.07) is 12.0. The number of anilines is 2. The van der Waals surface area contributed by atoms with E-state index in [0.717, 1.165) is 31.5 Å². The van der Waals surface area contributed by atoms with Crippen molar-refractivity contribution in [2.24, 2.45) is 0 Å². The van der Waals surface area contributed by atoms with Crippen LogP contribution in [0, 0.1) is 0 Å². The molecule has 1 amide bonds. The first-order valence-corrected chi connectivity index (χ1v) is 11.8. The first-order chi connectivity index (χ1) is 16.3. The van der Waals surface area contributed by atoms with Crippen molar-refractivity contribution < 1.29 is 14.7 Å². The summed E-state index contributed by atoms with van der Waals surface area (Å²) in [6.07, 6.45) is 2.24. The Hall–Kier alpha value is -2.87. The lowest BCUT2D eigenvalue weighted by Crippen LogP contribution is -2.23. The lowest BCUT2D eigenvalue weighted by atomic mass is 10.1. The molecule has 1 aromatic heterocycles. The molecule has 10 heteroatoms. The van der Waals surface area contributed by atoms with Gasteiger partial charge in [0, 0.05) is 36.3 Å². The Labute approximate surface area is 211 Å². The van der Waals surface area contributed by atoms with Crippen LogP contribution in [0.25, 0.3) is 0 Å². The maximum Gasteiger partial charge on any atom is 0.308 e. The van der Waals surface area contributed by atoms with E-state index >= 15 is 0 Å². The average molecular weight is 520 g/mol. The van der Waals surface area contributed by atoms with Gasteiger partial charge in [0.15, 0.2) is 0 Å². The lowest BCUT2D eigenvalue weighted by Gasteiger charge is -2.21. The van der Waals surface area contributed by atoms with Crippen LogP contribution in [0.15, 0.2) is 42.5 Å². The van der Waals surface area contributed by atoms with Crippen molar-refractivity contribution >= 4 is 58.2 Å². The molecule has 0 spiro atoms. The Balaban J connectivity index is 1.50. The molecule has 176 valence electrons. The van der Waals surface area contributed by atoms with E-state index in [1.165, 1.54) is 6.07 Å². The molecule has 2 N–H and O–H groups in total. The summed E-state index contributed by atoms with van der Waals surface area (Å²) in [4.78, 5) is 34.9. The molecule has 0 bridgehead atoms. The zero-order valence-corrected chi connectivity index (χ0v) is 20.3. The third-order valence-corrected chi connectivity index (χ3v) is 6.52. The van der Waals surface area contributed by atoms with Crippen molar-refractivity contribution in [1.82, 2.24) is 9.97 Å². The summed E-state index contributed by atoms with van der Waals surface area (Å²) in [5.41, 5.74) is 2.38. The van der Waals surface area contributed by atoms with Gasteiger partial charge >= 0.3 is 5.97 Å². The van der Waals surface area contributed by atoms with Crippen LogP contribution >= 0.6 is 34.8 Å². The van der Waals surface area contributed by atoms with Crippen LogP contribution in [0.1, 0.15) is 40.2 Å². The van der Waals surface area contributed by atoms with E-state index < -0.39 is 5.97 Å². The Morgan fingerprint density at radius 1 is 0.971 bits per heavy atom. The van der Waals surface area contributed by atoms with Crippen LogP contribution in [-0.2, 0) is 17.6 Å². The van der Waals surface area contributed by atoms with E-state index in [9.17, 15) is 14.7 Å². The Morgan fingerprint density at radius 2 is 1.68 bits per heavy atom. The Kier molecular flexibility index (Phi) is 7.56. The van der Waals surface area contributed by atoms with E-state index in [4.69, 9.17) is 34.8 Å². The molecular weight excluding hydrogens is 499 g/mol. The van der Waals surface area contributed by atoms with Gasteiger partial charge in [0.05, 0.1) is 16.5 Å². The number of carbonyl (C=O) groups excluding carboxylic acids is 1. The number of halogens is 3. The summed E-state index contributed by atoms with van der Waals surface area (Å²) >= 11 is 18.3. The molecule has 1 saturated heterocycles. The number of carboxylic acids is 1. The van der Waals surface area contributed by atoms with E-state index in [1.807, 2.05) is 12.1 Å². The number of amides is 1. The topological polar surface area (TPSA) is 95.4 Å². The summed E-state index contributed by atoms with van der Waals surface area (Å²) in [5, 5.41) is 13.0. The van der Waals surface area contributed by atoms with Gasteiger partial charge in [-0.2, -0.15) is 0 Å². The number of nitrogens with zero attached hydrogens (tertiary/aromatic N) is 3. The zero-order valence-electron chi connectivity index (χ0n) is 18.0. The van der Waals surface area contributed by atoms with E-state index in [1.54, 1.807) is 24.3 Å². The number of carboxylic acid groups (broad SMARTS) is 1. The molecule has 7 nitrogen and oxygen atoms in total. The van der Waals surface area contributed by atoms with Gasteiger partial charge in [-0.3, -0.25) is 9.59 Å². The van der Waals surface area contributed by atoms with Gasteiger partial charge in [0.2, 0.25) is 0 Å². The quantitative estimate of drug-likeness (QED) is 0.400. The maximum atomic E-state index is 12.5. The summed E-state index contributed by atoms with van der Waals surface area (Å²) in [7, 11) is 0. The molecule has 0 radical (unpaired) electrons. The molecule has 4 rings (SSSR count). The van der Waals surface area contributed by atoms with E-state index in [2.05, 4.69) is 20.2 Å². The van der Waals surface area contributed by atoms with Crippen LogP contribution in [0.2, 0.25) is 15.2 Å². The molecule has 0 saturated carbocycles. The normalized spacial score (nSPS) is 13.2. The highest BCUT2D eigenvalue weighted by Gasteiger charge is 2.23. The molecule has 1 aliphatic rings. The minimum atomic E-state index is -0.975. The molecule has 1 fully saturated rings. The lowest BCUT2D eigenvalue weighted by molar-refractivity contribution is -0.136. The highest BCUT2D eigenvalue weighted by Crippen LogP contribution is 2.29. The number of hydrogen-bond donors (Lipinski definition) is 2. The van der Waals surface area contributed by atoms with Gasteiger partial charge in [0.1, 0.15) is 16.8 Å². The van der Waals surface area contributed by atoms with Gasteiger partial charge in [-0.25, -0.2) is 9.97 Å². The molecule has 2 heterocycles. The second-order valence-corrected chi connectivity index (χ2v) is 9.13. The first kappa shape index (κ1) is 24.3. The number of aliphatic carboxylic acids is 1. The zero-order chi connectivity index (χ0) is 24.2. The van der Waals surface area contributed by atoms with Gasteiger partial charge in [0.25, 0.3) is 5.91 Å². The van der Waals surface area contributed by atoms with Gasteiger partial charge in [-0.15, -0.1) is 0 Å². The van der Waals surface area contributed by atoms with Gasteiger partial charge < -0.3 is 15.3 Å². The average Bonchev–Trinajstić information content (AvgIpc) is 3.33. The second kappa shape index (κ2) is 10.6. The molecule has 2 aromatic carbocycles. The fourth-order valence-corrected chi connectivity index (χ4v) is 4.34. The fourth-order valence-electron chi connectivity index (χ4n) is 3.79. The van der Waals surface area contributed by atoms with Crippen LogP contribution in [0.4, 0.5) is 11.5 Å². The minimum Gasteiger partial charge on any atom is -0.481 e. The van der Waals surface area contributed by atoms with Crippen LogP contribution in [0.5, 0.6) is 0 Å². The molecule has 0 aliphatic carbocycles. The van der Waals surface area contributed by atoms with E-state index in [-0.39, 0.29) is 17.5 Å². The Morgan fingerprint density at radius 3 is 2.32 bits per heavy atom. The highest BCUT2D eigenvalue weighted by molar-refractivity contribution is 6.42. The van der Waals surface area contributed by atoms with Crippen molar-refractivity contribution in [2.45, 2.75) is 25.7 Å². The van der Waals surface area contributed by atoms with Crippen molar-refractivity contribution in [3.8, 4) is 0 Å². The molecule has 34 heavy (non-hydrogen) atoms. The van der Waals surface area contributed by atoms with Gasteiger partial charge in [-0.05, 0) is 48.7 Å². The first-order valence-electron chi connectivity index (χ1n) is 10.7. The minimum absolute atomic E-state index is 0.166. The van der Waals surface area contributed by atoms with Crippen molar-refractivity contribution in [2.75, 3.05) is 23.3 Å². The number of benzene rings is 2. The largest absolute Gasteiger partial charge is 0.481 e. The third kappa shape index (κ3) is 5.78. The molecule has 1 aliphatic heterocycles. The smallest absolute Gasteiger partial charge is 0.308 e. The predicted molar refractivity (Wildman–Crippen MR) is 133 cm³/mol. The molecular formula is C24H21Cl3N4O3. The van der Waals surface area contributed by atoms with Gasteiger partial charge in [-0.1, -0.05) is 46.9 Å². The monoisotopic (exact) mass is 518 g/mol. The SMILES string of the molecule is O=C(O)Cc1c(Cl)nc(Cc2ccc(NC(=O)c3ccc(Cl)c(Cl)c3)cc2)nc1N1CCCC1. The van der Waals surface area contributed by atoms with Crippen LogP contribution in [0.3, 0.4) is 0 Å². The van der Waals surface area contributed by atoms with Crippen LogP contribution in [-0.4, -0.2) is 40.0 Å². The summed E-state index contributed by atoms with van der Waals surface area (Å²) < 4.78 is 0. The van der Waals surface area contributed by atoms with Crippen molar-refractivity contribution in [1.29, 1.82) is 0 Å². The molecule has 0 atom stereocenters. The molecule has 0 unspecified atom stereocenters. The summed E-state index contributed by atoms with van der Waals surface area (Å²) in [6.45, 7) is 1.62. The number of rotatable bonds is 7. The Bertz CT molecular complexity index is 1230. The number of hydrogen-bond acceptors (Lipinski definition) is 5. The number of nitrogens with one attached hydrogen (secondary N) is 1. The summed E-state index contributed by atoms with van der Waals surface area (Å²) in [5.74, 6) is -0.169. The molecule has 3 aromatic rings.